The van der Waals surface area contributed by atoms with Gasteiger partial charge in [0.1, 0.15) is 0 Å². The van der Waals surface area contributed by atoms with Crippen molar-refractivity contribution in [1.82, 2.24) is 0 Å². The van der Waals surface area contributed by atoms with E-state index in [-0.39, 0.29) is 5.92 Å². The van der Waals surface area contributed by atoms with Gasteiger partial charge in [0.15, 0.2) is 11.7 Å². The summed E-state index contributed by atoms with van der Waals surface area (Å²) >= 11 is 3.30. The van der Waals surface area contributed by atoms with Gasteiger partial charge in [0.05, 0.1) is 0 Å². The van der Waals surface area contributed by atoms with Crippen LogP contribution in [0.2, 0.25) is 5.82 Å². The minimum atomic E-state index is 0.176. The number of hydrogen-bond donors (Lipinski definition) is 0. The molecule has 0 N–H and O–H groups in total. The molecule has 5 heteroatoms. The predicted octanol–water partition coefficient (Wildman–Crippen LogP) is 2.08. The van der Waals surface area contributed by atoms with Crippen LogP contribution in [0.4, 0.5) is 0 Å². The van der Waals surface area contributed by atoms with E-state index in [1.807, 2.05) is 25.3 Å². The first-order valence-corrected chi connectivity index (χ1v) is 6.42. The van der Waals surface area contributed by atoms with E-state index in [1.54, 1.807) is 0 Å². The molecule has 0 aromatic rings. The van der Waals surface area contributed by atoms with Gasteiger partial charge in [-0.2, -0.15) is 0 Å². The van der Waals surface area contributed by atoms with Crippen LogP contribution in [-0.4, -0.2) is 17.5 Å². The summed E-state index contributed by atoms with van der Waals surface area (Å²) in [5, 5.41) is 0.311. The lowest BCUT2D eigenvalue weighted by atomic mass is 9.90. The van der Waals surface area contributed by atoms with E-state index in [0.29, 0.717) is 5.12 Å². The molecule has 0 rings (SSSR count). The molecule has 0 unspecified atom stereocenters. The maximum absolute atomic E-state index is 11.1. The standard InChI is InChI=1S/C7H16B2OS2/c1-5(2)7(10)11-9-12-8-6(3)4/h5-6,8-9H,1-4H3. The van der Waals surface area contributed by atoms with Crippen molar-refractivity contribution in [3.8, 4) is 0 Å². The van der Waals surface area contributed by atoms with Gasteiger partial charge < -0.3 is 0 Å². The summed E-state index contributed by atoms with van der Waals surface area (Å²) in [5.41, 5.74) is 0. The second kappa shape index (κ2) is 6.96. The first kappa shape index (κ1) is 12.5. The maximum atomic E-state index is 11.1. The van der Waals surface area contributed by atoms with Crippen molar-refractivity contribution < 1.29 is 4.79 Å². The van der Waals surface area contributed by atoms with E-state index in [4.69, 9.17) is 0 Å². The molecule has 0 radical (unpaired) electrons. The highest BCUT2D eigenvalue weighted by molar-refractivity contribution is 8.63. The van der Waals surface area contributed by atoms with Crippen LogP contribution in [0.25, 0.3) is 0 Å². The van der Waals surface area contributed by atoms with Crippen LogP contribution in [0.3, 0.4) is 0 Å². The van der Waals surface area contributed by atoms with Crippen LogP contribution in [-0.2, 0) is 4.79 Å². The largest absolute Gasteiger partial charge is 0.288 e. The molecule has 0 spiro atoms. The monoisotopic (exact) mass is 202 g/mol. The Balaban J connectivity index is 3.26. The molecule has 0 saturated carbocycles. The highest BCUT2D eigenvalue weighted by Crippen LogP contribution is 2.16. The molecule has 0 bridgehead atoms. The zero-order valence-corrected chi connectivity index (χ0v) is 9.93. The second-order valence-electron chi connectivity index (χ2n) is 3.50. The fraction of sp³-hybridized carbons (Fsp3) is 0.857. The third-order valence-corrected chi connectivity index (χ3v) is 4.00. The minimum absolute atomic E-state index is 0.176. The van der Waals surface area contributed by atoms with E-state index < -0.39 is 0 Å². The van der Waals surface area contributed by atoms with Crippen molar-refractivity contribution in [2.24, 2.45) is 5.92 Å². The van der Waals surface area contributed by atoms with Crippen molar-refractivity contribution in [3.05, 3.63) is 0 Å². The minimum Gasteiger partial charge on any atom is -0.288 e. The highest BCUT2D eigenvalue weighted by atomic mass is 32.2. The van der Waals surface area contributed by atoms with Crippen LogP contribution >= 0.6 is 23.1 Å². The van der Waals surface area contributed by atoms with E-state index in [1.165, 1.54) is 11.6 Å². The van der Waals surface area contributed by atoms with Gasteiger partial charge in [-0.05, 0) is 0 Å². The molecule has 0 fully saturated rings. The van der Waals surface area contributed by atoms with E-state index >= 15 is 0 Å². The highest BCUT2D eigenvalue weighted by Gasteiger charge is 2.08. The van der Waals surface area contributed by atoms with Crippen molar-refractivity contribution in [1.29, 1.82) is 0 Å². The average molecular weight is 202 g/mol. The summed E-state index contributed by atoms with van der Waals surface area (Å²) in [7, 11) is 0. The van der Waals surface area contributed by atoms with E-state index in [0.717, 1.165) is 18.2 Å². The van der Waals surface area contributed by atoms with Crippen molar-refractivity contribution >= 4 is 40.6 Å². The lowest BCUT2D eigenvalue weighted by Crippen LogP contribution is -2.03. The fourth-order valence-corrected chi connectivity index (χ4v) is 2.54. The number of carbonyl (C=O) groups excluding carboxylic acids is 1. The molecule has 0 amide bonds. The van der Waals surface area contributed by atoms with Gasteiger partial charge in [0, 0.05) is 5.92 Å². The molecular formula is C7H16B2OS2. The Bertz CT molecular complexity index is 139. The van der Waals surface area contributed by atoms with Crippen LogP contribution in [0.1, 0.15) is 27.7 Å². The molecule has 0 aliphatic heterocycles. The SMILES string of the molecule is CC(C)BSBSC(=O)C(C)C. The molecular weight excluding hydrogens is 186 g/mol. The zero-order valence-electron chi connectivity index (χ0n) is 8.29. The van der Waals surface area contributed by atoms with Crippen LogP contribution in [0.5, 0.6) is 0 Å². The maximum Gasteiger partial charge on any atom is 0.255 e. The number of carbonyl (C=O) groups is 1. The molecule has 0 aromatic carbocycles. The normalized spacial score (nSPS) is 10.5. The Morgan fingerprint density at radius 2 is 1.83 bits per heavy atom. The molecule has 0 saturated heterocycles. The van der Waals surface area contributed by atoms with Gasteiger partial charge in [0.25, 0.3) is 5.84 Å². The van der Waals surface area contributed by atoms with E-state index in [2.05, 4.69) is 13.8 Å². The number of rotatable bonds is 5. The zero-order chi connectivity index (χ0) is 9.56. The predicted molar refractivity (Wildman–Crippen MR) is 64.4 cm³/mol. The topological polar surface area (TPSA) is 17.1 Å². The molecule has 0 heterocycles. The van der Waals surface area contributed by atoms with Gasteiger partial charge in [0.2, 0.25) is 0 Å². The third kappa shape index (κ3) is 7.17. The average Bonchev–Trinajstić information content (AvgIpc) is 1.97. The first-order valence-electron chi connectivity index (χ1n) is 4.28. The van der Waals surface area contributed by atoms with Gasteiger partial charge in [-0.25, -0.2) is 11.5 Å². The molecule has 0 atom stereocenters. The Labute approximate surface area is 85.0 Å². The van der Waals surface area contributed by atoms with Crippen molar-refractivity contribution in [2.75, 3.05) is 0 Å². The van der Waals surface area contributed by atoms with Crippen LogP contribution in [0.15, 0.2) is 0 Å². The first-order chi connectivity index (χ1) is 5.54. The summed E-state index contributed by atoms with van der Waals surface area (Å²) in [5.74, 6) is 1.81. The summed E-state index contributed by atoms with van der Waals surface area (Å²) < 4.78 is 0. The summed E-state index contributed by atoms with van der Waals surface area (Å²) in [6.07, 6.45) is 0. The van der Waals surface area contributed by atoms with Crippen molar-refractivity contribution in [3.63, 3.8) is 0 Å². The lowest BCUT2D eigenvalue weighted by molar-refractivity contribution is -0.113. The molecule has 1 nitrogen and oxygen atoms in total. The quantitative estimate of drug-likeness (QED) is 0.501. The van der Waals surface area contributed by atoms with Gasteiger partial charge in [-0.15, -0.1) is 11.6 Å². The Kier molecular flexibility index (Phi) is 7.25. The number of hydrogen-bond acceptors (Lipinski definition) is 3. The molecule has 0 aliphatic rings. The van der Waals surface area contributed by atoms with Crippen LogP contribution in [0, 0.1) is 5.92 Å². The fourth-order valence-electron chi connectivity index (χ4n) is 0.550. The molecule has 12 heavy (non-hydrogen) atoms. The van der Waals surface area contributed by atoms with Crippen molar-refractivity contribution in [2.45, 2.75) is 33.5 Å². The Morgan fingerprint density at radius 1 is 1.25 bits per heavy atom. The third-order valence-electron chi connectivity index (χ3n) is 1.21. The van der Waals surface area contributed by atoms with Crippen LogP contribution < -0.4 is 0 Å². The van der Waals surface area contributed by atoms with E-state index in [9.17, 15) is 4.79 Å². The summed E-state index contributed by atoms with van der Waals surface area (Å²) in [6.45, 7) is 9.44. The molecule has 0 aliphatic carbocycles. The smallest absolute Gasteiger partial charge is 0.255 e. The van der Waals surface area contributed by atoms with Gasteiger partial charge in [-0.3, -0.25) is 4.79 Å². The Morgan fingerprint density at radius 3 is 2.25 bits per heavy atom. The van der Waals surface area contributed by atoms with Gasteiger partial charge in [-0.1, -0.05) is 33.5 Å². The Hall–Kier alpha value is 0.500. The summed E-state index contributed by atoms with van der Waals surface area (Å²) in [6, 6.07) is 0. The molecule has 68 valence electrons. The summed E-state index contributed by atoms with van der Waals surface area (Å²) in [4.78, 5) is 11.1. The molecule has 0 aromatic heterocycles. The van der Waals surface area contributed by atoms with Gasteiger partial charge >= 0.3 is 0 Å². The lowest BCUT2D eigenvalue weighted by Gasteiger charge is -2.03. The second-order valence-corrected chi connectivity index (χ2v) is 5.88.